The molecule has 2 rings (SSSR count). The fraction of sp³-hybridized carbons (Fsp3) is 0.154. The van der Waals surface area contributed by atoms with E-state index in [4.69, 9.17) is 16.3 Å². The Labute approximate surface area is 105 Å². The molecule has 0 radical (unpaired) electrons. The first-order valence-corrected chi connectivity index (χ1v) is 5.64. The molecule has 0 spiro atoms. The molecular weight excluding hydrogens is 236 g/mol. The van der Waals surface area contributed by atoms with E-state index < -0.39 is 0 Å². The van der Waals surface area contributed by atoms with Gasteiger partial charge in [-0.25, -0.2) is 4.98 Å². The van der Waals surface area contributed by atoms with Crippen LogP contribution < -0.4 is 10.1 Å². The minimum atomic E-state index is 0.661. The molecule has 88 valence electrons. The Morgan fingerprint density at radius 2 is 2.06 bits per heavy atom. The topological polar surface area (TPSA) is 34.1 Å². The van der Waals surface area contributed by atoms with Gasteiger partial charge in [0.15, 0.2) is 0 Å². The van der Waals surface area contributed by atoms with Gasteiger partial charge in [-0.3, -0.25) is 0 Å². The van der Waals surface area contributed by atoms with E-state index in [1.165, 1.54) is 0 Å². The van der Waals surface area contributed by atoms with Crippen LogP contribution in [0.3, 0.4) is 0 Å². The summed E-state index contributed by atoms with van der Waals surface area (Å²) in [5.41, 5.74) is 1.04. The number of ether oxygens (including phenoxy) is 1. The smallest absolute Gasteiger partial charge is 0.132 e. The van der Waals surface area contributed by atoms with E-state index in [1.807, 2.05) is 32.2 Å². The number of nitrogens with zero attached hydrogens (tertiary/aromatic N) is 1. The minimum Gasteiger partial charge on any atom is -0.457 e. The molecule has 2 aromatic rings. The van der Waals surface area contributed by atoms with Gasteiger partial charge >= 0.3 is 0 Å². The molecule has 0 aliphatic carbocycles. The maximum Gasteiger partial charge on any atom is 0.132 e. The summed E-state index contributed by atoms with van der Waals surface area (Å²) in [6.45, 7) is 1.98. The number of benzene rings is 1. The van der Waals surface area contributed by atoms with Gasteiger partial charge in [0.2, 0.25) is 0 Å². The largest absolute Gasteiger partial charge is 0.457 e. The third-order valence-corrected chi connectivity index (χ3v) is 2.60. The quantitative estimate of drug-likeness (QED) is 0.895. The first-order chi connectivity index (χ1) is 8.19. The second-order valence-electron chi connectivity index (χ2n) is 3.64. The lowest BCUT2D eigenvalue weighted by molar-refractivity contribution is 0.478. The standard InChI is InChI=1S/C13H13ClN2O/c1-9-3-4-10(14)7-12(9)17-11-5-6-16-13(8-11)15-2/h3-8H,1-2H3,(H,15,16). The fourth-order valence-corrected chi connectivity index (χ4v) is 1.58. The van der Waals surface area contributed by atoms with Crippen LogP contribution in [0.1, 0.15) is 5.56 Å². The Balaban J connectivity index is 2.27. The molecule has 3 nitrogen and oxygen atoms in total. The van der Waals surface area contributed by atoms with Crippen LogP contribution in [0, 0.1) is 6.92 Å². The molecule has 0 atom stereocenters. The normalized spacial score (nSPS) is 10.1. The van der Waals surface area contributed by atoms with Gasteiger partial charge in [-0.15, -0.1) is 0 Å². The number of aromatic nitrogens is 1. The predicted molar refractivity (Wildman–Crippen MR) is 70.0 cm³/mol. The maximum atomic E-state index is 5.94. The van der Waals surface area contributed by atoms with Crippen molar-refractivity contribution >= 4 is 17.4 Å². The van der Waals surface area contributed by atoms with E-state index in [2.05, 4.69) is 10.3 Å². The average molecular weight is 249 g/mol. The summed E-state index contributed by atoms with van der Waals surface area (Å²) < 4.78 is 5.77. The summed E-state index contributed by atoms with van der Waals surface area (Å²) in [6, 6.07) is 9.21. The molecule has 0 bridgehead atoms. The SMILES string of the molecule is CNc1cc(Oc2cc(Cl)ccc2C)ccn1. The van der Waals surface area contributed by atoms with Gasteiger partial charge in [0, 0.05) is 24.3 Å². The predicted octanol–water partition coefficient (Wildman–Crippen LogP) is 3.88. The van der Waals surface area contributed by atoms with Crippen molar-refractivity contribution in [3.63, 3.8) is 0 Å². The molecule has 17 heavy (non-hydrogen) atoms. The second kappa shape index (κ2) is 5.06. The highest BCUT2D eigenvalue weighted by atomic mass is 35.5. The van der Waals surface area contributed by atoms with Crippen LogP contribution in [-0.4, -0.2) is 12.0 Å². The molecular formula is C13H13ClN2O. The lowest BCUT2D eigenvalue weighted by Crippen LogP contribution is -1.93. The van der Waals surface area contributed by atoms with E-state index in [0.29, 0.717) is 5.02 Å². The molecule has 0 saturated heterocycles. The lowest BCUT2D eigenvalue weighted by atomic mass is 10.2. The zero-order valence-electron chi connectivity index (χ0n) is 9.70. The van der Waals surface area contributed by atoms with Gasteiger partial charge in [-0.1, -0.05) is 17.7 Å². The van der Waals surface area contributed by atoms with Crippen LogP contribution in [0.25, 0.3) is 0 Å². The second-order valence-corrected chi connectivity index (χ2v) is 4.08. The molecule has 4 heteroatoms. The molecule has 0 saturated carbocycles. The fourth-order valence-electron chi connectivity index (χ4n) is 1.42. The summed E-state index contributed by atoms with van der Waals surface area (Å²) in [5, 5.41) is 3.62. The number of aryl methyl sites for hydroxylation is 1. The summed E-state index contributed by atoms with van der Waals surface area (Å²) in [7, 11) is 1.82. The van der Waals surface area contributed by atoms with Crippen molar-refractivity contribution < 1.29 is 4.74 Å². The summed E-state index contributed by atoms with van der Waals surface area (Å²) in [5.74, 6) is 2.25. The van der Waals surface area contributed by atoms with Crippen molar-refractivity contribution in [3.8, 4) is 11.5 Å². The first kappa shape index (κ1) is 11.7. The highest BCUT2D eigenvalue weighted by Crippen LogP contribution is 2.28. The highest BCUT2D eigenvalue weighted by Gasteiger charge is 2.03. The number of rotatable bonds is 3. The summed E-state index contributed by atoms with van der Waals surface area (Å²) in [4.78, 5) is 4.12. The van der Waals surface area contributed by atoms with E-state index >= 15 is 0 Å². The lowest BCUT2D eigenvalue weighted by Gasteiger charge is -2.09. The van der Waals surface area contributed by atoms with Crippen LogP contribution in [0.4, 0.5) is 5.82 Å². The number of hydrogen-bond donors (Lipinski definition) is 1. The molecule has 1 aromatic heterocycles. The molecule has 0 unspecified atom stereocenters. The van der Waals surface area contributed by atoms with Gasteiger partial charge < -0.3 is 10.1 Å². The van der Waals surface area contributed by atoms with Crippen LogP contribution >= 0.6 is 11.6 Å². The Bertz CT molecular complexity index is 529. The highest BCUT2D eigenvalue weighted by molar-refractivity contribution is 6.30. The number of hydrogen-bond acceptors (Lipinski definition) is 3. The first-order valence-electron chi connectivity index (χ1n) is 5.27. The Kier molecular flexibility index (Phi) is 3.49. The Morgan fingerprint density at radius 3 is 2.82 bits per heavy atom. The van der Waals surface area contributed by atoms with Crippen molar-refractivity contribution in [3.05, 3.63) is 47.1 Å². The van der Waals surface area contributed by atoms with Gasteiger partial charge in [0.25, 0.3) is 0 Å². The number of anilines is 1. The van der Waals surface area contributed by atoms with Crippen molar-refractivity contribution in [1.29, 1.82) is 0 Å². The average Bonchev–Trinajstić information content (AvgIpc) is 2.34. The third-order valence-electron chi connectivity index (χ3n) is 2.37. The van der Waals surface area contributed by atoms with E-state index in [-0.39, 0.29) is 0 Å². The minimum absolute atomic E-state index is 0.661. The third kappa shape index (κ3) is 2.88. The molecule has 0 aliphatic heterocycles. The zero-order chi connectivity index (χ0) is 12.3. The van der Waals surface area contributed by atoms with Gasteiger partial charge in [-0.05, 0) is 30.7 Å². The molecule has 0 amide bonds. The monoisotopic (exact) mass is 248 g/mol. The van der Waals surface area contributed by atoms with Crippen LogP contribution in [-0.2, 0) is 0 Å². The van der Waals surface area contributed by atoms with Gasteiger partial charge in [-0.2, -0.15) is 0 Å². The van der Waals surface area contributed by atoms with E-state index in [9.17, 15) is 0 Å². The Hall–Kier alpha value is -1.74. The summed E-state index contributed by atoms with van der Waals surface area (Å²) in [6.07, 6.45) is 1.70. The van der Waals surface area contributed by atoms with Crippen molar-refractivity contribution in [1.82, 2.24) is 4.98 Å². The molecule has 1 heterocycles. The summed E-state index contributed by atoms with van der Waals surface area (Å²) >= 11 is 5.94. The number of pyridine rings is 1. The van der Waals surface area contributed by atoms with Gasteiger partial charge in [0.1, 0.15) is 17.3 Å². The zero-order valence-corrected chi connectivity index (χ0v) is 10.5. The van der Waals surface area contributed by atoms with Crippen LogP contribution in [0.2, 0.25) is 5.02 Å². The number of halogens is 1. The van der Waals surface area contributed by atoms with Gasteiger partial charge in [0.05, 0.1) is 0 Å². The molecule has 1 aromatic carbocycles. The van der Waals surface area contributed by atoms with Crippen molar-refractivity contribution in [2.45, 2.75) is 6.92 Å². The van der Waals surface area contributed by atoms with E-state index in [1.54, 1.807) is 18.3 Å². The molecule has 0 fully saturated rings. The maximum absolute atomic E-state index is 5.94. The van der Waals surface area contributed by atoms with Crippen molar-refractivity contribution in [2.24, 2.45) is 0 Å². The molecule has 0 aliphatic rings. The van der Waals surface area contributed by atoms with Crippen LogP contribution in [0.15, 0.2) is 36.5 Å². The van der Waals surface area contributed by atoms with Crippen LogP contribution in [0.5, 0.6) is 11.5 Å². The van der Waals surface area contributed by atoms with Crippen molar-refractivity contribution in [2.75, 3.05) is 12.4 Å². The van der Waals surface area contributed by atoms with E-state index in [0.717, 1.165) is 22.9 Å². The Morgan fingerprint density at radius 1 is 1.24 bits per heavy atom. The molecule has 1 N–H and O–H groups in total. The number of nitrogens with one attached hydrogen (secondary N) is 1.